The summed E-state index contributed by atoms with van der Waals surface area (Å²) in [5.74, 6) is 1.56. The molecule has 3 heterocycles. The van der Waals surface area contributed by atoms with Gasteiger partial charge in [-0.1, -0.05) is 140 Å². The molecule has 7 aromatic carbocycles. The molecule has 1 aliphatic heterocycles. The van der Waals surface area contributed by atoms with Crippen LogP contribution in [0.4, 0.5) is 0 Å². The van der Waals surface area contributed by atoms with Gasteiger partial charge in [0, 0.05) is 45.1 Å². The Balaban J connectivity index is 1.25. The number of fused-ring (bicyclic) bond motifs is 8. The van der Waals surface area contributed by atoms with E-state index in [1.165, 1.54) is 27.1 Å². The Labute approximate surface area is 282 Å². The van der Waals surface area contributed by atoms with Crippen LogP contribution in [-0.2, 0) is 0 Å². The van der Waals surface area contributed by atoms with Gasteiger partial charge < -0.3 is 13.9 Å². The lowest BCUT2D eigenvalue weighted by atomic mass is 10.0. The van der Waals surface area contributed by atoms with Crippen molar-refractivity contribution in [2.45, 2.75) is 6.17 Å². The minimum atomic E-state index is -0.237. The average molecular weight is 631 g/mol. The minimum absolute atomic E-state index is 0.237. The molecule has 0 N–H and O–H groups in total. The Morgan fingerprint density at radius 2 is 1.31 bits per heavy atom. The number of para-hydroxylation sites is 2. The highest BCUT2D eigenvalue weighted by molar-refractivity contribution is 6.23. The second-order valence-corrected chi connectivity index (χ2v) is 12.6. The summed E-state index contributed by atoms with van der Waals surface area (Å²) < 4.78 is 9.23. The molecule has 9 aromatic rings. The highest BCUT2D eigenvalue weighted by Gasteiger charge is 2.28. The zero-order chi connectivity index (χ0) is 32.5. The minimum Gasteiger partial charge on any atom is -0.454 e. The maximum atomic E-state index is 6.86. The van der Waals surface area contributed by atoms with Crippen molar-refractivity contribution in [3.8, 4) is 5.69 Å². The zero-order valence-electron chi connectivity index (χ0n) is 26.8. The normalized spacial score (nSPS) is 15.0. The maximum Gasteiger partial charge on any atom is 0.160 e. The van der Waals surface area contributed by atoms with Crippen molar-refractivity contribution in [1.29, 1.82) is 0 Å². The quantitative estimate of drug-likeness (QED) is 0.194. The molecule has 0 fully saturated rings. The van der Waals surface area contributed by atoms with Gasteiger partial charge in [0.05, 0.1) is 16.7 Å². The van der Waals surface area contributed by atoms with Crippen molar-refractivity contribution >= 4 is 66.2 Å². The van der Waals surface area contributed by atoms with Gasteiger partial charge in [-0.25, -0.2) is 9.98 Å². The van der Waals surface area contributed by atoms with Crippen molar-refractivity contribution in [2.75, 3.05) is 7.05 Å². The van der Waals surface area contributed by atoms with Crippen molar-refractivity contribution in [3.05, 3.63) is 174 Å². The highest BCUT2D eigenvalue weighted by Crippen LogP contribution is 2.41. The number of hydrogen-bond donors (Lipinski definition) is 0. The first kappa shape index (κ1) is 27.6. The van der Waals surface area contributed by atoms with Crippen molar-refractivity contribution in [2.24, 2.45) is 9.98 Å². The summed E-state index contributed by atoms with van der Waals surface area (Å²) in [6, 6.07) is 55.2. The van der Waals surface area contributed by atoms with Crippen LogP contribution in [0.5, 0.6) is 0 Å². The van der Waals surface area contributed by atoms with Crippen LogP contribution in [0.25, 0.3) is 60.2 Å². The van der Waals surface area contributed by atoms with E-state index < -0.39 is 0 Å². The first-order valence-corrected chi connectivity index (χ1v) is 16.6. The predicted octanol–water partition coefficient (Wildman–Crippen LogP) is 10.7. The van der Waals surface area contributed by atoms with Gasteiger partial charge in [-0.15, -0.1) is 0 Å². The third kappa shape index (κ3) is 4.19. The number of rotatable bonds is 4. The van der Waals surface area contributed by atoms with Gasteiger partial charge in [0.15, 0.2) is 11.4 Å². The van der Waals surface area contributed by atoms with E-state index in [1.54, 1.807) is 0 Å². The summed E-state index contributed by atoms with van der Waals surface area (Å²) in [7, 11) is 2.07. The number of amidine groups is 2. The zero-order valence-corrected chi connectivity index (χ0v) is 26.8. The smallest absolute Gasteiger partial charge is 0.160 e. The largest absolute Gasteiger partial charge is 0.454 e. The van der Waals surface area contributed by atoms with Crippen molar-refractivity contribution in [1.82, 2.24) is 9.47 Å². The molecule has 2 aromatic heterocycles. The number of aliphatic imine (C=N–C) groups is 2. The Morgan fingerprint density at radius 1 is 0.592 bits per heavy atom. The summed E-state index contributed by atoms with van der Waals surface area (Å²) in [6.45, 7) is 0. The second kappa shape index (κ2) is 10.8. The van der Waals surface area contributed by atoms with Crippen LogP contribution in [0.15, 0.2) is 172 Å². The lowest BCUT2D eigenvalue weighted by Gasteiger charge is -2.32. The molecule has 5 nitrogen and oxygen atoms in total. The second-order valence-electron chi connectivity index (χ2n) is 12.6. The van der Waals surface area contributed by atoms with Crippen LogP contribution in [0.3, 0.4) is 0 Å². The topological polar surface area (TPSA) is 46.0 Å². The first-order valence-electron chi connectivity index (χ1n) is 16.6. The number of furan rings is 1. The van der Waals surface area contributed by atoms with Gasteiger partial charge in [0.25, 0.3) is 0 Å². The SMILES string of the molecule is CN1C(c2ccccc2)=NC(c2cccc3oc4c(-n5c6ccccc6c6ccc7ccccc7c65)cccc4c23)=NC1c1ccccc1. The Kier molecular flexibility index (Phi) is 6.09. The Morgan fingerprint density at radius 3 is 2.16 bits per heavy atom. The molecule has 0 spiro atoms. The van der Waals surface area contributed by atoms with Crippen LogP contribution in [0.1, 0.15) is 22.9 Å². The van der Waals surface area contributed by atoms with E-state index in [0.29, 0.717) is 5.84 Å². The first-order chi connectivity index (χ1) is 24.2. The molecule has 1 unspecified atom stereocenters. The van der Waals surface area contributed by atoms with E-state index in [-0.39, 0.29) is 6.17 Å². The summed E-state index contributed by atoms with van der Waals surface area (Å²) in [5.41, 5.74) is 8.06. The van der Waals surface area contributed by atoms with Gasteiger partial charge in [-0.3, -0.25) is 0 Å². The third-order valence-electron chi connectivity index (χ3n) is 9.83. The van der Waals surface area contributed by atoms with Crippen LogP contribution in [-0.4, -0.2) is 28.2 Å². The molecule has 1 aliphatic rings. The van der Waals surface area contributed by atoms with Crippen LogP contribution >= 0.6 is 0 Å². The number of hydrogen-bond acceptors (Lipinski definition) is 4. The molecule has 0 bridgehead atoms. The molecule has 0 aliphatic carbocycles. The summed E-state index contributed by atoms with van der Waals surface area (Å²) >= 11 is 0. The average Bonchev–Trinajstić information content (AvgIpc) is 3.72. The molecule has 49 heavy (non-hydrogen) atoms. The number of aromatic nitrogens is 1. The lowest BCUT2D eigenvalue weighted by Crippen LogP contribution is -2.35. The molecule has 10 rings (SSSR count). The van der Waals surface area contributed by atoms with Gasteiger partial charge in [-0.2, -0.15) is 0 Å². The van der Waals surface area contributed by atoms with Crippen molar-refractivity contribution in [3.63, 3.8) is 0 Å². The van der Waals surface area contributed by atoms with Gasteiger partial charge in [-0.05, 0) is 29.1 Å². The Bertz CT molecular complexity index is 2790. The standard InChI is InChI=1S/C44H30N4O/c1-47-43(29-15-4-2-5-16-29)45-42(46-44(47)30-17-6-3-7-18-30)35-22-13-25-38-39(35)34-21-12-24-37(41(34)49-38)48-36-23-11-10-20-32(36)33-27-26-28-14-8-9-19-31(28)40(33)48/h2-27,43H,1H3. The fourth-order valence-electron chi connectivity index (χ4n) is 7.61. The van der Waals surface area contributed by atoms with Gasteiger partial charge >= 0.3 is 0 Å². The molecule has 0 amide bonds. The molecule has 0 saturated carbocycles. The monoisotopic (exact) mass is 630 g/mol. The lowest BCUT2D eigenvalue weighted by molar-refractivity contribution is 0.383. The molecular weight excluding hydrogens is 601 g/mol. The van der Waals surface area contributed by atoms with E-state index >= 15 is 0 Å². The van der Waals surface area contributed by atoms with Crippen LogP contribution < -0.4 is 0 Å². The Hall–Kier alpha value is -6.46. The molecule has 0 radical (unpaired) electrons. The molecule has 0 saturated heterocycles. The fraction of sp³-hybridized carbons (Fsp3) is 0.0455. The molecular formula is C44H30N4O. The van der Waals surface area contributed by atoms with Gasteiger partial charge in [0.1, 0.15) is 17.6 Å². The van der Waals surface area contributed by atoms with E-state index in [2.05, 4.69) is 156 Å². The van der Waals surface area contributed by atoms with Gasteiger partial charge in [0.2, 0.25) is 0 Å². The fourth-order valence-corrected chi connectivity index (χ4v) is 7.61. The summed E-state index contributed by atoms with van der Waals surface area (Å²) in [4.78, 5) is 12.7. The van der Waals surface area contributed by atoms with Crippen LogP contribution in [0, 0.1) is 0 Å². The van der Waals surface area contributed by atoms with E-state index in [1.807, 2.05) is 18.2 Å². The predicted molar refractivity (Wildman–Crippen MR) is 202 cm³/mol. The van der Waals surface area contributed by atoms with Crippen molar-refractivity contribution < 1.29 is 4.42 Å². The number of benzene rings is 7. The molecule has 1 atom stereocenters. The summed E-state index contributed by atoms with van der Waals surface area (Å²) in [5, 5.41) is 6.89. The third-order valence-corrected chi connectivity index (χ3v) is 9.83. The van der Waals surface area contributed by atoms with E-state index in [4.69, 9.17) is 14.4 Å². The van der Waals surface area contributed by atoms with E-state index in [9.17, 15) is 0 Å². The number of nitrogens with zero attached hydrogens (tertiary/aromatic N) is 4. The highest BCUT2D eigenvalue weighted by atomic mass is 16.3. The molecule has 232 valence electrons. The maximum absolute atomic E-state index is 6.86. The van der Waals surface area contributed by atoms with Crippen LogP contribution in [0.2, 0.25) is 0 Å². The summed E-state index contributed by atoms with van der Waals surface area (Å²) in [6.07, 6.45) is -0.237. The van der Waals surface area contributed by atoms with E-state index in [0.717, 1.165) is 55.7 Å². The molecule has 5 heteroatoms.